The van der Waals surface area contributed by atoms with Gasteiger partial charge in [-0.1, -0.05) is 30.3 Å². The van der Waals surface area contributed by atoms with Gasteiger partial charge in [-0.15, -0.1) is 11.3 Å². The molecule has 0 saturated heterocycles. The van der Waals surface area contributed by atoms with Gasteiger partial charge in [0.1, 0.15) is 10.8 Å². The highest BCUT2D eigenvalue weighted by molar-refractivity contribution is 9.10. The van der Waals surface area contributed by atoms with Crippen molar-refractivity contribution in [2.45, 2.75) is 32.2 Å². The Morgan fingerprint density at radius 3 is 2.77 bits per heavy atom. The van der Waals surface area contributed by atoms with E-state index in [0.717, 1.165) is 45.7 Å². The summed E-state index contributed by atoms with van der Waals surface area (Å²) in [6.45, 7) is 0.505. The Hall–Kier alpha value is -2.38. The molecule has 0 aliphatic heterocycles. The monoisotopic (exact) mass is 485 g/mol. The number of carbonyl (C=O) groups excluding carboxylic acids is 1. The van der Waals surface area contributed by atoms with Crippen LogP contribution in [0.25, 0.3) is 0 Å². The van der Waals surface area contributed by atoms with Crippen LogP contribution in [0, 0.1) is 0 Å². The first-order valence-electron chi connectivity index (χ1n) is 10.0. The molecule has 0 spiro atoms. The van der Waals surface area contributed by atoms with E-state index < -0.39 is 0 Å². The Kier molecular flexibility index (Phi) is 6.39. The van der Waals surface area contributed by atoms with Gasteiger partial charge in [0.2, 0.25) is 5.88 Å². The molecule has 0 unspecified atom stereocenters. The van der Waals surface area contributed by atoms with Gasteiger partial charge in [-0.3, -0.25) is 4.79 Å². The van der Waals surface area contributed by atoms with Crippen LogP contribution in [0.15, 0.2) is 50.3 Å². The number of aryl methyl sites for hydroxylation is 1. The number of aliphatic imine (C=N–C) groups is 1. The Balaban J connectivity index is 1.60. The number of fused-ring (bicyclic) bond motifs is 1. The number of hydrogen-bond donors (Lipinski definition) is 1. The third kappa shape index (κ3) is 4.52. The van der Waals surface area contributed by atoms with Gasteiger partial charge in [0.25, 0.3) is 5.91 Å². The van der Waals surface area contributed by atoms with Crippen molar-refractivity contribution in [3.63, 3.8) is 0 Å². The molecule has 0 fully saturated rings. The number of thiophene rings is 1. The van der Waals surface area contributed by atoms with Gasteiger partial charge in [0.15, 0.2) is 0 Å². The minimum absolute atomic E-state index is 0.0555. The third-order valence-corrected chi connectivity index (χ3v) is 6.85. The molecule has 5 nitrogen and oxygen atoms in total. The molecule has 3 aromatic rings. The highest BCUT2D eigenvalue weighted by atomic mass is 79.9. The molecule has 1 N–H and O–H groups in total. The van der Waals surface area contributed by atoms with Crippen LogP contribution >= 0.6 is 27.3 Å². The number of furan rings is 1. The summed E-state index contributed by atoms with van der Waals surface area (Å²) in [5.41, 5.74) is 2.97. The second kappa shape index (κ2) is 9.18. The molecule has 0 bridgehead atoms. The van der Waals surface area contributed by atoms with E-state index in [1.807, 2.05) is 55.4 Å². The number of amides is 1. The molecule has 2 heterocycles. The Bertz CT molecular complexity index is 1070. The van der Waals surface area contributed by atoms with Crippen LogP contribution in [0.3, 0.4) is 0 Å². The zero-order valence-corrected chi connectivity index (χ0v) is 19.5. The topological polar surface area (TPSA) is 57.8 Å². The number of anilines is 1. The maximum absolute atomic E-state index is 13.1. The molecule has 156 valence electrons. The van der Waals surface area contributed by atoms with Gasteiger partial charge in [0.05, 0.1) is 16.3 Å². The quantitative estimate of drug-likeness (QED) is 0.453. The van der Waals surface area contributed by atoms with Crippen LogP contribution in [0.4, 0.5) is 10.9 Å². The molecular weight excluding hydrogens is 462 g/mol. The standard InChI is InChI=1S/C23H24BrN3O2S/c1-27(2)23-18(24)12-16(29-23)14-26-22-20(17-10-6-7-11-19(17)30-22)21(28)25-13-15-8-4-3-5-9-15/h3-5,8-9,12,14H,6-7,10-11,13H2,1-2H3,(H,25,28). The van der Waals surface area contributed by atoms with E-state index in [0.29, 0.717) is 12.3 Å². The van der Waals surface area contributed by atoms with E-state index in [-0.39, 0.29) is 5.91 Å². The van der Waals surface area contributed by atoms with Gasteiger partial charge in [-0.2, -0.15) is 0 Å². The summed E-state index contributed by atoms with van der Waals surface area (Å²) in [7, 11) is 3.85. The molecule has 1 aliphatic rings. The summed E-state index contributed by atoms with van der Waals surface area (Å²) in [5.74, 6) is 1.33. The number of hydrogen-bond acceptors (Lipinski definition) is 5. The molecule has 7 heteroatoms. The Morgan fingerprint density at radius 2 is 2.03 bits per heavy atom. The average Bonchev–Trinajstić information content (AvgIpc) is 3.31. The molecule has 2 aromatic heterocycles. The maximum Gasteiger partial charge on any atom is 0.254 e. The van der Waals surface area contributed by atoms with E-state index in [9.17, 15) is 4.79 Å². The first-order chi connectivity index (χ1) is 14.5. The summed E-state index contributed by atoms with van der Waals surface area (Å²) in [5, 5.41) is 3.83. The van der Waals surface area contributed by atoms with E-state index in [1.54, 1.807) is 17.6 Å². The van der Waals surface area contributed by atoms with Gasteiger partial charge >= 0.3 is 0 Å². The number of rotatable bonds is 6. The van der Waals surface area contributed by atoms with Crippen molar-refractivity contribution >= 4 is 50.3 Å². The van der Waals surface area contributed by atoms with E-state index in [2.05, 4.69) is 26.2 Å². The first-order valence-corrected chi connectivity index (χ1v) is 11.6. The lowest BCUT2D eigenvalue weighted by Crippen LogP contribution is -2.24. The number of halogens is 1. The second-order valence-electron chi connectivity index (χ2n) is 7.51. The Labute approximate surface area is 188 Å². The third-order valence-electron chi connectivity index (χ3n) is 5.08. The predicted octanol–water partition coefficient (Wildman–Crippen LogP) is 5.73. The molecule has 0 radical (unpaired) electrons. The number of benzene rings is 1. The van der Waals surface area contributed by atoms with Gasteiger partial charge in [-0.05, 0) is 52.7 Å². The first kappa shape index (κ1) is 20.9. The molecule has 1 amide bonds. The minimum Gasteiger partial charge on any atom is -0.438 e. The smallest absolute Gasteiger partial charge is 0.254 e. The highest BCUT2D eigenvalue weighted by Gasteiger charge is 2.25. The van der Waals surface area contributed by atoms with Crippen molar-refractivity contribution in [3.05, 3.63) is 68.2 Å². The van der Waals surface area contributed by atoms with Crippen LogP contribution in [-0.4, -0.2) is 26.2 Å². The Morgan fingerprint density at radius 1 is 1.27 bits per heavy atom. The van der Waals surface area contributed by atoms with Gasteiger partial charge in [0, 0.05) is 31.6 Å². The second-order valence-corrected chi connectivity index (χ2v) is 9.45. The van der Waals surface area contributed by atoms with Crippen LogP contribution < -0.4 is 10.2 Å². The summed E-state index contributed by atoms with van der Waals surface area (Å²) in [4.78, 5) is 21.0. The average molecular weight is 486 g/mol. The predicted molar refractivity (Wildman–Crippen MR) is 127 cm³/mol. The maximum atomic E-state index is 13.1. The zero-order valence-electron chi connectivity index (χ0n) is 17.1. The van der Waals surface area contributed by atoms with Crippen LogP contribution in [-0.2, 0) is 19.4 Å². The summed E-state index contributed by atoms with van der Waals surface area (Å²) in [6, 6.07) is 11.9. The number of nitrogens with zero attached hydrogens (tertiary/aromatic N) is 2. The summed E-state index contributed by atoms with van der Waals surface area (Å²) >= 11 is 5.14. The fraction of sp³-hybridized carbons (Fsp3) is 0.304. The largest absolute Gasteiger partial charge is 0.438 e. The normalized spacial score (nSPS) is 13.4. The van der Waals surface area contributed by atoms with Crippen molar-refractivity contribution in [3.8, 4) is 0 Å². The lowest BCUT2D eigenvalue weighted by molar-refractivity contribution is 0.0951. The lowest BCUT2D eigenvalue weighted by Gasteiger charge is -2.12. The lowest BCUT2D eigenvalue weighted by atomic mass is 9.95. The molecule has 4 rings (SSSR count). The molecule has 1 aliphatic carbocycles. The number of carbonyl (C=O) groups is 1. The zero-order chi connectivity index (χ0) is 21.1. The highest BCUT2D eigenvalue weighted by Crippen LogP contribution is 2.40. The molecule has 0 saturated carbocycles. The number of nitrogens with one attached hydrogen (secondary N) is 1. The minimum atomic E-state index is -0.0555. The fourth-order valence-corrected chi connectivity index (χ4v) is 5.50. The van der Waals surface area contributed by atoms with Crippen LogP contribution in [0.1, 0.15) is 45.0 Å². The SMILES string of the molecule is CN(C)c1oc(C=Nc2sc3c(c2C(=O)NCc2ccccc2)CCCC3)cc1Br. The van der Waals surface area contributed by atoms with Crippen LogP contribution in [0.2, 0.25) is 0 Å². The van der Waals surface area contributed by atoms with Crippen molar-refractivity contribution in [2.75, 3.05) is 19.0 Å². The van der Waals surface area contributed by atoms with Crippen molar-refractivity contribution in [2.24, 2.45) is 4.99 Å². The molecule has 30 heavy (non-hydrogen) atoms. The van der Waals surface area contributed by atoms with Crippen molar-refractivity contribution in [1.82, 2.24) is 5.32 Å². The van der Waals surface area contributed by atoms with E-state index in [1.165, 1.54) is 16.9 Å². The molecule has 0 atom stereocenters. The summed E-state index contributed by atoms with van der Waals surface area (Å²) < 4.78 is 6.71. The van der Waals surface area contributed by atoms with Gasteiger partial charge < -0.3 is 14.6 Å². The van der Waals surface area contributed by atoms with Gasteiger partial charge in [-0.25, -0.2) is 4.99 Å². The fourth-order valence-electron chi connectivity index (χ4n) is 3.61. The van der Waals surface area contributed by atoms with Crippen molar-refractivity contribution < 1.29 is 9.21 Å². The molecule has 1 aromatic carbocycles. The van der Waals surface area contributed by atoms with E-state index >= 15 is 0 Å². The van der Waals surface area contributed by atoms with E-state index in [4.69, 9.17) is 4.42 Å². The van der Waals surface area contributed by atoms with Crippen LogP contribution in [0.5, 0.6) is 0 Å². The molecular formula is C23H24BrN3O2S. The van der Waals surface area contributed by atoms with Crippen molar-refractivity contribution in [1.29, 1.82) is 0 Å². The summed E-state index contributed by atoms with van der Waals surface area (Å²) in [6.07, 6.45) is 5.93.